The lowest BCUT2D eigenvalue weighted by Gasteiger charge is -2.07. The number of rotatable bonds is 3. The van der Waals surface area contributed by atoms with Crippen molar-refractivity contribution in [2.24, 2.45) is 7.05 Å². The third-order valence-electron chi connectivity index (χ3n) is 5.47. The molecule has 1 amide bonds. The number of nitrogens with zero attached hydrogens (tertiary/aromatic N) is 4. The van der Waals surface area contributed by atoms with Crippen molar-refractivity contribution < 1.29 is 4.79 Å². The van der Waals surface area contributed by atoms with Gasteiger partial charge in [-0.25, -0.2) is 9.67 Å². The van der Waals surface area contributed by atoms with Crippen LogP contribution in [-0.4, -0.2) is 24.7 Å². The van der Waals surface area contributed by atoms with E-state index in [1.807, 2.05) is 43.3 Å². The molecule has 0 spiro atoms. The minimum Gasteiger partial charge on any atom is -0.315 e. The van der Waals surface area contributed by atoms with E-state index in [4.69, 9.17) is 0 Å². The number of thiophene rings is 1. The third kappa shape index (κ3) is 3.05. The summed E-state index contributed by atoms with van der Waals surface area (Å²) in [4.78, 5) is 44.3. The maximum atomic E-state index is 13.1. The number of para-hydroxylation sites is 1. The predicted octanol–water partition coefficient (Wildman–Crippen LogP) is 3.27. The van der Waals surface area contributed by atoms with Gasteiger partial charge in [0, 0.05) is 13.2 Å². The number of benzene rings is 1. The van der Waals surface area contributed by atoms with Gasteiger partial charge in [-0.2, -0.15) is 0 Å². The first kappa shape index (κ1) is 20.0. The molecule has 0 aliphatic heterocycles. The second kappa shape index (κ2) is 7.31. The summed E-state index contributed by atoms with van der Waals surface area (Å²) in [6.07, 6.45) is 1.72. The van der Waals surface area contributed by atoms with Crippen LogP contribution in [0.1, 0.15) is 20.9 Å². The molecule has 0 saturated heterocycles. The summed E-state index contributed by atoms with van der Waals surface area (Å²) in [5.74, 6) is -0.455. The number of fused-ring (bicyclic) bond motifs is 2. The van der Waals surface area contributed by atoms with Crippen molar-refractivity contribution in [2.45, 2.75) is 13.8 Å². The van der Waals surface area contributed by atoms with Gasteiger partial charge < -0.3 is 5.32 Å². The topological polar surface area (TPSA) is 90.4 Å². The minimum absolute atomic E-state index is 0.198. The van der Waals surface area contributed by atoms with Crippen LogP contribution in [0.3, 0.4) is 0 Å². The zero-order valence-corrected chi connectivity index (χ0v) is 18.4. The fourth-order valence-corrected chi connectivity index (χ4v) is 4.63. The van der Waals surface area contributed by atoms with Crippen molar-refractivity contribution in [3.63, 3.8) is 0 Å². The van der Waals surface area contributed by atoms with Crippen LogP contribution >= 0.6 is 11.3 Å². The van der Waals surface area contributed by atoms with Gasteiger partial charge in [0.1, 0.15) is 16.2 Å². The van der Waals surface area contributed by atoms with Crippen molar-refractivity contribution in [1.29, 1.82) is 0 Å². The van der Waals surface area contributed by atoms with E-state index in [9.17, 15) is 14.4 Å². The van der Waals surface area contributed by atoms with Gasteiger partial charge in [-0.05, 0) is 43.7 Å². The number of hydrogen-bond donors (Lipinski definition) is 1. The molecule has 0 bridgehead atoms. The summed E-state index contributed by atoms with van der Waals surface area (Å²) < 4.78 is 4.67. The number of aromatic nitrogens is 4. The molecule has 160 valence electrons. The number of nitrogens with one attached hydrogen (secondary N) is 1. The van der Waals surface area contributed by atoms with E-state index in [2.05, 4.69) is 10.3 Å². The Kier molecular flexibility index (Phi) is 4.56. The molecule has 0 atom stereocenters. The molecule has 1 N–H and O–H groups in total. The van der Waals surface area contributed by atoms with E-state index in [0.717, 1.165) is 16.9 Å². The number of amides is 1. The first-order valence-electron chi connectivity index (χ1n) is 9.93. The van der Waals surface area contributed by atoms with E-state index in [0.29, 0.717) is 32.1 Å². The lowest BCUT2D eigenvalue weighted by Crippen LogP contribution is -2.22. The van der Waals surface area contributed by atoms with Gasteiger partial charge >= 0.3 is 0 Å². The van der Waals surface area contributed by atoms with E-state index < -0.39 is 5.91 Å². The summed E-state index contributed by atoms with van der Waals surface area (Å²) in [7, 11) is 1.76. The minimum atomic E-state index is -0.455. The molecule has 32 heavy (non-hydrogen) atoms. The Morgan fingerprint density at radius 3 is 2.53 bits per heavy atom. The van der Waals surface area contributed by atoms with Gasteiger partial charge in [-0.15, -0.1) is 11.3 Å². The molecule has 5 rings (SSSR count). The molecule has 0 aliphatic carbocycles. The van der Waals surface area contributed by atoms with Crippen LogP contribution in [0.4, 0.5) is 5.69 Å². The van der Waals surface area contributed by atoms with Crippen molar-refractivity contribution in [3.05, 3.63) is 91.6 Å². The zero-order chi connectivity index (χ0) is 22.6. The average Bonchev–Trinajstić information content (AvgIpc) is 3.30. The Morgan fingerprint density at radius 1 is 1.03 bits per heavy atom. The quantitative estimate of drug-likeness (QED) is 0.462. The number of pyridine rings is 1. The first-order chi connectivity index (χ1) is 15.3. The zero-order valence-electron chi connectivity index (χ0n) is 17.6. The summed E-state index contributed by atoms with van der Waals surface area (Å²) >= 11 is 1.12. The maximum absolute atomic E-state index is 13.1. The van der Waals surface area contributed by atoms with E-state index in [1.54, 1.807) is 30.9 Å². The number of hydrogen-bond acceptors (Lipinski definition) is 5. The van der Waals surface area contributed by atoms with Crippen molar-refractivity contribution in [3.8, 4) is 5.69 Å². The summed E-state index contributed by atoms with van der Waals surface area (Å²) in [6.45, 7) is 3.66. The highest BCUT2D eigenvalue weighted by Crippen LogP contribution is 2.24. The highest BCUT2D eigenvalue weighted by atomic mass is 32.1. The molecule has 4 heterocycles. The maximum Gasteiger partial charge on any atom is 0.295 e. The lowest BCUT2D eigenvalue weighted by molar-refractivity contribution is 0.103. The van der Waals surface area contributed by atoms with Crippen LogP contribution in [0.25, 0.3) is 21.6 Å². The first-order valence-corrected chi connectivity index (χ1v) is 10.7. The fraction of sp³-hybridized carbons (Fsp3) is 0.130. The Labute approximate surface area is 186 Å². The highest BCUT2D eigenvalue weighted by molar-refractivity contribution is 7.20. The van der Waals surface area contributed by atoms with Gasteiger partial charge in [0.05, 0.1) is 21.6 Å². The largest absolute Gasteiger partial charge is 0.315 e. The Bertz CT molecular complexity index is 1640. The smallest absolute Gasteiger partial charge is 0.295 e. The molecule has 0 unspecified atom stereocenters. The Balaban J connectivity index is 1.56. The van der Waals surface area contributed by atoms with Crippen LogP contribution in [0.2, 0.25) is 0 Å². The second-order valence-corrected chi connectivity index (χ2v) is 8.60. The van der Waals surface area contributed by atoms with E-state index >= 15 is 0 Å². The summed E-state index contributed by atoms with van der Waals surface area (Å²) in [6, 6.07) is 14.4. The lowest BCUT2D eigenvalue weighted by atomic mass is 10.3. The van der Waals surface area contributed by atoms with Crippen molar-refractivity contribution in [1.82, 2.24) is 18.7 Å². The number of carbonyl (C=O) groups excluding carboxylic acids is 1. The normalized spacial score (nSPS) is 11.3. The standard InChI is InChI=1S/C23H19N5O3S/c1-13-9-10-18-24-21-16(22(30)27(18)12-13)11-17(32-21)20(29)25-19-14(2)26(3)28(23(19)31)15-7-5-4-6-8-15/h4-12H,1-3H3,(H,25,29). The van der Waals surface area contributed by atoms with Crippen LogP contribution < -0.4 is 16.4 Å². The van der Waals surface area contributed by atoms with Gasteiger partial charge in [0.25, 0.3) is 17.0 Å². The molecule has 8 nitrogen and oxygen atoms in total. The van der Waals surface area contributed by atoms with Crippen molar-refractivity contribution in [2.75, 3.05) is 5.32 Å². The average molecular weight is 446 g/mol. The van der Waals surface area contributed by atoms with E-state index in [-0.39, 0.29) is 16.8 Å². The SMILES string of the molecule is Cc1ccc2nc3sc(C(=O)Nc4c(C)n(C)n(-c5ccccc5)c4=O)cc3c(=O)n2c1. The van der Waals surface area contributed by atoms with Crippen LogP contribution in [-0.2, 0) is 7.05 Å². The van der Waals surface area contributed by atoms with Crippen molar-refractivity contribution >= 4 is 38.8 Å². The number of anilines is 1. The molecule has 0 saturated carbocycles. The van der Waals surface area contributed by atoms with Crippen LogP contribution in [0.15, 0.2) is 64.3 Å². The Hall–Kier alpha value is -3.98. The molecular weight excluding hydrogens is 426 g/mol. The Morgan fingerprint density at radius 2 is 1.78 bits per heavy atom. The van der Waals surface area contributed by atoms with Gasteiger partial charge in [-0.3, -0.25) is 23.5 Å². The monoisotopic (exact) mass is 445 g/mol. The number of aryl methyl sites for hydroxylation is 1. The summed E-state index contributed by atoms with van der Waals surface area (Å²) in [5, 5.41) is 3.11. The van der Waals surface area contributed by atoms with E-state index in [1.165, 1.54) is 15.1 Å². The molecule has 5 aromatic rings. The molecule has 4 aromatic heterocycles. The predicted molar refractivity (Wildman–Crippen MR) is 125 cm³/mol. The van der Waals surface area contributed by atoms with Gasteiger partial charge in [0.2, 0.25) is 0 Å². The van der Waals surface area contributed by atoms with Crippen LogP contribution in [0, 0.1) is 13.8 Å². The second-order valence-electron chi connectivity index (χ2n) is 7.57. The van der Waals surface area contributed by atoms with Crippen LogP contribution in [0.5, 0.6) is 0 Å². The van der Waals surface area contributed by atoms with Gasteiger partial charge in [0.15, 0.2) is 0 Å². The molecule has 0 radical (unpaired) electrons. The molecular formula is C23H19N5O3S. The third-order valence-corrected chi connectivity index (χ3v) is 6.50. The summed E-state index contributed by atoms with van der Waals surface area (Å²) in [5.41, 5.74) is 2.41. The fourth-order valence-electron chi connectivity index (χ4n) is 3.70. The molecule has 0 aliphatic rings. The van der Waals surface area contributed by atoms with Gasteiger partial charge in [-0.1, -0.05) is 24.3 Å². The molecule has 9 heteroatoms. The number of carbonyl (C=O) groups is 1. The highest BCUT2D eigenvalue weighted by Gasteiger charge is 2.21. The molecule has 0 fully saturated rings. The molecule has 1 aromatic carbocycles.